The zero-order valence-corrected chi connectivity index (χ0v) is 17.6. The van der Waals surface area contributed by atoms with Crippen molar-refractivity contribution < 1.29 is 14.3 Å². The van der Waals surface area contributed by atoms with Crippen LogP contribution in [0.15, 0.2) is 90.6 Å². The Labute approximate surface area is 182 Å². The van der Waals surface area contributed by atoms with E-state index in [1.54, 1.807) is 12.1 Å². The number of amides is 2. The summed E-state index contributed by atoms with van der Waals surface area (Å²) in [6, 6.07) is 26.2. The monoisotopic (exact) mass is 412 g/mol. The number of nitrogens with zero attached hydrogens (tertiary/aromatic N) is 2. The van der Waals surface area contributed by atoms with E-state index in [9.17, 15) is 9.59 Å². The van der Waals surface area contributed by atoms with Gasteiger partial charge in [0.15, 0.2) is 0 Å². The molecule has 0 saturated heterocycles. The average Bonchev–Trinajstić information content (AvgIpc) is 3.06. The van der Waals surface area contributed by atoms with Crippen molar-refractivity contribution in [3.05, 3.63) is 102 Å². The maximum absolute atomic E-state index is 13.5. The van der Waals surface area contributed by atoms with Crippen molar-refractivity contribution in [2.45, 2.75) is 13.5 Å². The number of likely N-dealkylation sites (N-methyl/N-ethyl adjacent to an activating group) is 1. The molecule has 1 heterocycles. The number of hydrogen-bond acceptors (Lipinski definition) is 4. The van der Waals surface area contributed by atoms with E-state index < -0.39 is 0 Å². The van der Waals surface area contributed by atoms with Crippen molar-refractivity contribution in [2.24, 2.45) is 0 Å². The lowest BCUT2D eigenvalue weighted by atomic mass is 10.0. The number of rotatable bonds is 7. The zero-order chi connectivity index (χ0) is 21.8. The zero-order valence-electron chi connectivity index (χ0n) is 17.6. The molecule has 0 saturated carbocycles. The highest BCUT2D eigenvalue weighted by atomic mass is 16.5. The summed E-state index contributed by atoms with van der Waals surface area (Å²) in [5.74, 6) is 0.0801. The molecular weight excluding hydrogens is 388 g/mol. The summed E-state index contributed by atoms with van der Waals surface area (Å²) in [6.07, 6.45) is 0. The summed E-state index contributed by atoms with van der Waals surface area (Å²) >= 11 is 0. The van der Waals surface area contributed by atoms with Gasteiger partial charge >= 0.3 is 0 Å². The Kier molecular flexibility index (Phi) is 5.85. The molecule has 0 aliphatic carbocycles. The molecule has 0 unspecified atom stereocenters. The van der Waals surface area contributed by atoms with Crippen LogP contribution in [0.4, 0.5) is 5.69 Å². The van der Waals surface area contributed by atoms with Gasteiger partial charge < -0.3 is 9.64 Å². The number of carbonyl (C=O) groups excluding carboxylic acids is 2. The first kappa shape index (κ1) is 20.4. The molecule has 31 heavy (non-hydrogen) atoms. The minimum atomic E-state index is -0.324. The number of carbonyl (C=O) groups is 2. The van der Waals surface area contributed by atoms with E-state index in [2.05, 4.69) is 0 Å². The van der Waals surface area contributed by atoms with E-state index in [1.807, 2.05) is 91.7 Å². The molecule has 2 amide bonds. The molecule has 5 nitrogen and oxygen atoms in total. The van der Waals surface area contributed by atoms with Crippen molar-refractivity contribution in [1.29, 1.82) is 0 Å². The van der Waals surface area contributed by atoms with Gasteiger partial charge in [0.2, 0.25) is 0 Å². The van der Waals surface area contributed by atoms with Crippen LogP contribution in [-0.4, -0.2) is 30.4 Å². The van der Waals surface area contributed by atoms with Crippen LogP contribution in [-0.2, 0) is 16.1 Å². The summed E-state index contributed by atoms with van der Waals surface area (Å²) in [5.41, 5.74) is 3.10. The third-order valence-electron chi connectivity index (χ3n) is 5.17. The number of para-hydroxylation sites is 1. The molecule has 4 rings (SSSR count). The summed E-state index contributed by atoms with van der Waals surface area (Å²) in [7, 11) is 1.84. The van der Waals surface area contributed by atoms with Gasteiger partial charge in [0.05, 0.1) is 17.9 Å². The number of imide groups is 1. The van der Waals surface area contributed by atoms with Gasteiger partial charge in [-0.05, 0) is 42.3 Å². The molecule has 3 aromatic carbocycles. The van der Waals surface area contributed by atoms with E-state index in [0.29, 0.717) is 35.7 Å². The maximum Gasteiger partial charge on any atom is 0.282 e. The lowest BCUT2D eigenvalue weighted by molar-refractivity contribution is -0.120. The van der Waals surface area contributed by atoms with Crippen molar-refractivity contribution in [3.8, 4) is 5.75 Å². The topological polar surface area (TPSA) is 49.9 Å². The molecule has 3 aromatic rings. The van der Waals surface area contributed by atoms with E-state index in [4.69, 9.17) is 4.74 Å². The van der Waals surface area contributed by atoms with E-state index >= 15 is 0 Å². The fourth-order valence-electron chi connectivity index (χ4n) is 3.76. The molecule has 0 fully saturated rings. The molecule has 0 spiro atoms. The van der Waals surface area contributed by atoms with Gasteiger partial charge in [-0.1, -0.05) is 60.7 Å². The van der Waals surface area contributed by atoms with Crippen LogP contribution in [0.3, 0.4) is 0 Å². The minimum Gasteiger partial charge on any atom is -0.494 e. The summed E-state index contributed by atoms with van der Waals surface area (Å²) in [4.78, 5) is 30.1. The SMILES string of the molecule is CCOc1ccc(C2=C(N(C)Cc3ccccc3)C(=O)N(c3ccccc3)C2=O)cc1. The lowest BCUT2D eigenvalue weighted by Gasteiger charge is -2.21. The molecule has 0 aromatic heterocycles. The molecule has 0 bridgehead atoms. The normalized spacial score (nSPS) is 13.7. The van der Waals surface area contributed by atoms with Gasteiger partial charge in [0.25, 0.3) is 11.8 Å². The van der Waals surface area contributed by atoms with E-state index in [0.717, 1.165) is 11.3 Å². The number of ether oxygens (including phenoxy) is 1. The second kappa shape index (κ2) is 8.88. The highest BCUT2D eigenvalue weighted by molar-refractivity contribution is 6.45. The Balaban J connectivity index is 1.77. The number of anilines is 1. The Morgan fingerprint density at radius 2 is 1.42 bits per heavy atom. The Bertz CT molecular complexity index is 1110. The first-order chi connectivity index (χ1) is 15.1. The number of hydrogen-bond donors (Lipinski definition) is 0. The van der Waals surface area contributed by atoms with Crippen LogP contribution < -0.4 is 9.64 Å². The first-order valence-corrected chi connectivity index (χ1v) is 10.3. The molecule has 1 aliphatic heterocycles. The van der Waals surface area contributed by atoms with Gasteiger partial charge in [-0.2, -0.15) is 0 Å². The molecule has 0 radical (unpaired) electrons. The van der Waals surface area contributed by atoms with Crippen LogP contribution in [0.25, 0.3) is 5.57 Å². The van der Waals surface area contributed by atoms with Crippen molar-refractivity contribution >= 4 is 23.1 Å². The van der Waals surface area contributed by atoms with Crippen LogP contribution in [0.2, 0.25) is 0 Å². The predicted molar refractivity (Wildman–Crippen MR) is 121 cm³/mol. The highest BCUT2D eigenvalue weighted by Gasteiger charge is 2.41. The largest absolute Gasteiger partial charge is 0.494 e. The van der Waals surface area contributed by atoms with E-state index in [1.165, 1.54) is 4.90 Å². The van der Waals surface area contributed by atoms with Gasteiger partial charge in [-0.15, -0.1) is 0 Å². The Hall–Kier alpha value is -3.86. The van der Waals surface area contributed by atoms with Crippen molar-refractivity contribution in [2.75, 3.05) is 18.6 Å². The Morgan fingerprint density at radius 1 is 0.806 bits per heavy atom. The third kappa shape index (κ3) is 4.08. The maximum atomic E-state index is 13.5. The fraction of sp³-hybridized carbons (Fsp3) is 0.154. The van der Waals surface area contributed by atoms with Crippen LogP contribution >= 0.6 is 0 Å². The van der Waals surface area contributed by atoms with Crippen LogP contribution in [0.5, 0.6) is 5.75 Å². The lowest BCUT2D eigenvalue weighted by Crippen LogP contribution is -2.34. The van der Waals surface area contributed by atoms with Gasteiger partial charge in [-0.25, -0.2) is 4.90 Å². The van der Waals surface area contributed by atoms with Gasteiger partial charge in [0.1, 0.15) is 11.4 Å². The molecule has 5 heteroatoms. The summed E-state index contributed by atoms with van der Waals surface area (Å²) in [6.45, 7) is 2.99. The quantitative estimate of drug-likeness (QED) is 0.536. The summed E-state index contributed by atoms with van der Waals surface area (Å²) < 4.78 is 5.53. The molecular formula is C26H24N2O3. The molecule has 1 aliphatic rings. The molecule has 0 atom stereocenters. The standard InChI is InChI=1S/C26H24N2O3/c1-3-31-22-16-14-20(15-17-22)23-24(27(2)18-19-10-6-4-7-11-19)26(30)28(25(23)29)21-12-8-5-9-13-21/h4-17H,3,18H2,1-2H3. The van der Waals surface area contributed by atoms with Gasteiger partial charge in [0, 0.05) is 13.6 Å². The highest BCUT2D eigenvalue weighted by Crippen LogP contribution is 2.35. The minimum absolute atomic E-state index is 0.321. The van der Waals surface area contributed by atoms with Gasteiger partial charge in [-0.3, -0.25) is 9.59 Å². The number of benzene rings is 3. The van der Waals surface area contributed by atoms with E-state index in [-0.39, 0.29) is 11.8 Å². The fourth-order valence-corrected chi connectivity index (χ4v) is 3.76. The van der Waals surface area contributed by atoms with Crippen molar-refractivity contribution in [3.63, 3.8) is 0 Å². The predicted octanol–water partition coefficient (Wildman–Crippen LogP) is 4.50. The second-order valence-electron chi connectivity index (χ2n) is 7.30. The first-order valence-electron chi connectivity index (χ1n) is 10.3. The third-order valence-corrected chi connectivity index (χ3v) is 5.17. The summed E-state index contributed by atoms with van der Waals surface area (Å²) in [5, 5.41) is 0. The smallest absolute Gasteiger partial charge is 0.282 e. The molecule has 156 valence electrons. The molecule has 0 N–H and O–H groups in total. The Morgan fingerprint density at radius 3 is 2.03 bits per heavy atom. The van der Waals surface area contributed by atoms with Crippen molar-refractivity contribution in [1.82, 2.24) is 4.90 Å². The second-order valence-corrected chi connectivity index (χ2v) is 7.30. The van der Waals surface area contributed by atoms with Crippen LogP contribution in [0, 0.1) is 0 Å². The van der Waals surface area contributed by atoms with Crippen LogP contribution in [0.1, 0.15) is 18.1 Å². The average molecular weight is 412 g/mol.